The van der Waals surface area contributed by atoms with Crippen molar-refractivity contribution in [3.63, 3.8) is 0 Å². The molecule has 0 aliphatic carbocycles. The van der Waals surface area contributed by atoms with Gasteiger partial charge in [0.15, 0.2) is 0 Å². The van der Waals surface area contributed by atoms with Gasteiger partial charge in [-0.05, 0) is 47.9 Å². The monoisotopic (exact) mass is 383 g/mol. The average Bonchev–Trinajstić information content (AvgIpc) is 3.14. The maximum Gasteiger partial charge on any atom is 0.416 e. The molecule has 1 aromatic carbocycles. The number of amides is 1. The van der Waals surface area contributed by atoms with E-state index in [1.807, 2.05) is 17.5 Å². The van der Waals surface area contributed by atoms with Gasteiger partial charge in [0.1, 0.15) is 0 Å². The van der Waals surface area contributed by atoms with Crippen molar-refractivity contribution in [3.8, 4) is 0 Å². The van der Waals surface area contributed by atoms with E-state index in [0.717, 1.165) is 29.9 Å². The minimum absolute atomic E-state index is 0.0588. The second-order valence-corrected chi connectivity index (χ2v) is 7.36. The van der Waals surface area contributed by atoms with Crippen molar-refractivity contribution in [2.24, 2.45) is 5.92 Å². The zero-order valence-electron chi connectivity index (χ0n) is 14.1. The molecule has 0 saturated carbocycles. The quantitative estimate of drug-likeness (QED) is 0.820. The van der Waals surface area contributed by atoms with Crippen molar-refractivity contribution in [2.75, 3.05) is 13.2 Å². The van der Waals surface area contributed by atoms with Crippen molar-refractivity contribution < 1.29 is 22.7 Å². The van der Waals surface area contributed by atoms with Crippen LogP contribution in [-0.2, 0) is 22.1 Å². The number of nitrogens with one attached hydrogen (secondary N) is 1. The molecule has 0 radical (unpaired) electrons. The molecule has 1 aliphatic heterocycles. The highest BCUT2D eigenvalue weighted by molar-refractivity contribution is 7.10. The predicted octanol–water partition coefficient (Wildman–Crippen LogP) is 4.59. The van der Waals surface area contributed by atoms with Crippen LogP contribution in [0.25, 0.3) is 0 Å². The lowest BCUT2D eigenvalue weighted by Crippen LogP contribution is -2.36. The molecule has 1 saturated heterocycles. The third kappa shape index (κ3) is 4.86. The standard InChI is InChI=1S/C19H20F3NO2S/c20-19(21,22)15-5-3-13(4-6-15)12-17(24)23-18(16-2-1-11-26-16)14-7-9-25-10-8-14/h1-6,11,14,18H,7-10,12H2,(H,23,24). The molecule has 1 amide bonds. The van der Waals surface area contributed by atoms with Gasteiger partial charge < -0.3 is 10.1 Å². The van der Waals surface area contributed by atoms with E-state index in [1.165, 1.54) is 12.1 Å². The number of halogens is 3. The van der Waals surface area contributed by atoms with Gasteiger partial charge >= 0.3 is 6.18 Å². The van der Waals surface area contributed by atoms with E-state index in [-0.39, 0.29) is 18.4 Å². The molecule has 1 aromatic heterocycles. The van der Waals surface area contributed by atoms with Crippen molar-refractivity contribution >= 4 is 17.2 Å². The van der Waals surface area contributed by atoms with Crippen molar-refractivity contribution in [1.82, 2.24) is 5.32 Å². The van der Waals surface area contributed by atoms with Crippen molar-refractivity contribution in [2.45, 2.75) is 31.5 Å². The first kappa shape index (κ1) is 18.9. The maximum atomic E-state index is 12.6. The van der Waals surface area contributed by atoms with Gasteiger partial charge in [0, 0.05) is 18.1 Å². The summed E-state index contributed by atoms with van der Waals surface area (Å²) >= 11 is 1.60. The second kappa shape index (κ2) is 8.22. The largest absolute Gasteiger partial charge is 0.416 e. The summed E-state index contributed by atoms with van der Waals surface area (Å²) in [7, 11) is 0. The maximum absolute atomic E-state index is 12.6. The van der Waals surface area contributed by atoms with Crippen molar-refractivity contribution in [3.05, 3.63) is 57.8 Å². The third-order valence-corrected chi connectivity index (χ3v) is 5.50. The Balaban J connectivity index is 1.66. The fourth-order valence-corrected chi connectivity index (χ4v) is 4.03. The molecule has 26 heavy (non-hydrogen) atoms. The molecule has 2 aromatic rings. The number of alkyl halides is 3. The summed E-state index contributed by atoms with van der Waals surface area (Å²) in [6, 6.07) is 8.61. The molecule has 1 N–H and O–H groups in total. The summed E-state index contributed by atoms with van der Waals surface area (Å²) in [6.45, 7) is 1.36. The minimum Gasteiger partial charge on any atom is -0.381 e. The van der Waals surface area contributed by atoms with E-state index < -0.39 is 11.7 Å². The van der Waals surface area contributed by atoms with Gasteiger partial charge in [-0.3, -0.25) is 4.79 Å². The first-order valence-corrected chi connectivity index (χ1v) is 9.38. The highest BCUT2D eigenvalue weighted by Crippen LogP contribution is 2.33. The lowest BCUT2D eigenvalue weighted by Gasteiger charge is -2.30. The van der Waals surface area contributed by atoms with Crippen LogP contribution in [0.15, 0.2) is 41.8 Å². The Kier molecular flexibility index (Phi) is 5.98. The zero-order valence-corrected chi connectivity index (χ0v) is 14.9. The summed E-state index contributed by atoms with van der Waals surface area (Å²) in [5.74, 6) is 0.119. The number of rotatable bonds is 5. The Labute approximate surface area is 154 Å². The molecule has 2 heterocycles. The van der Waals surface area contributed by atoms with Crippen LogP contribution in [0.4, 0.5) is 13.2 Å². The predicted molar refractivity (Wildman–Crippen MR) is 93.9 cm³/mol. The lowest BCUT2D eigenvalue weighted by atomic mass is 9.90. The molecule has 1 unspecified atom stereocenters. The molecular formula is C19H20F3NO2S. The van der Waals surface area contributed by atoms with Gasteiger partial charge in [-0.15, -0.1) is 11.3 Å². The molecule has 1 aliphatic rings. The molecule has 1 fully saturated rings. The number of carbonyl (C=O) groups excluding carboxylic acids is 1. The van der Waals surface area contributed by atoms with Gasteiger partial charge in [0.25, 0.3) is 0 Å². The van der Waals surface area contributed by atoms with Crippen molar-refractivity contribution in [1.29, 1.82) is 0 Å². The Morgan fingerprint density at radius 3 is 2.46 bits per heavy atom. The highest BCUT2D eigenvalue weighted by Gasteiger charge is 2.30. The van der Waals surface area contributed by atoms with Crippen LogP contribution in [0, 0.1) is 5.92 Å². The Bertz CT molecular complexity index is 707. The number of thiophene rings is 1. The van der Waals surface area contributed by atoms with E-state index >= 15 is 0 Å². The highest BCUT2D eigenvalue weighted by atomic mass is 32.1. The average molecular weight is 383 g/mol. The molecule has 3 nitrogen and oxygen atoms in total. The molecule has 1 atom stereocenters. The van der Waals surface area contributed by atoms with E-state index in [4.69, 9.17) is 4.74 Å². The van der Waals surface area contributed by atoms with Crippen LogP contribution in [0.5, 0.6) is 0 Å². The molecule has 0 bridgehead atoms. The van der Waals surface area contributed by atoms with Gasteiger partial charge in [0.05, 0.1) is 18.0 Å². The van der Waals surface area contributed by atoms with Crippen LogP contribution in [0.2, 0.25) is 0 Å². The minimum atomic E-state index is -4.37. The Morgan fingerprint density at radius 1 is 1.19 bits per heavy atom. The summed E-state index contributed by atoms with van der Waals surface area (Å²) < 4.78 is 43.3. The number of ether oxygens (including phenoxy) is 1. The second-order valence-electron chi connectivity index (χ2n) is 6.38. The topological polar surface area (TPSA) is 38.3 Å². The zero-order chi connectivity index (χ0) is 18.6. The first-order valence-electron chi connectivity index (χ1n) is 8.50. The summed E-state index contributed by atoms with van der Waals surface area (Å²) in [4.78, 5) is 13.6. The SMILES string of the molecule is O=C(Cc1ccc(C(F)(F)F)cc1)NC(c1cccs1)C1CCOCC1. The van der Waals surface area contributed by atoms with E-state index in [0.29, 0.717) is 24.7 Å². The van der Waals surface area contributed by atoms with E-state index in [9.17, 15) is 18.0 Å². The third-order valence-electron chi connectivity index (χ3n) is 4.55. The summed E-state index contributed by atoms with van der Waals surface area (Å²) in [6.07, 6.45) is -2.55. The van der Waals surface area contributed by atoms with Gasteiger partial charge in [-0.2, -0.15) is 13.2 Å². The Hall–Kier alpha value is -1.86. The molecule has 0 spiro atoms. The normalized spacial score (nSPS) is 17.0. The number of benzene rings is 1. The summed E-state index contributed by atoms with van der Waals surface area (Å²) in [5, 5.41) is 5.05. The van der Waals surface area contributed by atoms with E-state index in [1.54, 1.807) is 11.3 Å². The molecule has 7 heteroatoms. The number of carbonyl (C=O) groups is 1. The van der Waals surface area contributed by atoms with Crippen LogP contribution >= 0.6 is 11.3 Å². The van der Waals surface area contributed by atoms with Crippen LogP contribution in [-0.4, -0.2) is 19.1 Å². The molecular weight excluding hydrogens is 363 g/mol. The smallest absolute Gasteiger partial charge is 0.381 e. The molecule has 3 rings (SSSR count). The lowest BCUT2D eigenvalue weighted by molar-refractivity contribution is -0.137. The Morgan fingerprint density at radius 2 is 1.88 bits per heavy atom. The van der Waals surface area contributed by atoms with Gasteiger partial charge in [-0.1, -0.05) is 18.2 Å². The van der Waals surface area contributed by atoms with Crippen LogP contribution in [0.3, 0.4) is 0 Å². The molecule has 140 valence electrons. The van der Waals surface area contributed by atoms with Crippen LogP contribution < -0.4 is 5.32 Å². The number of hydrogen-bond donors (Lipinski definition) is 1. The fraction of sp³-hybridized carbons (Fsp3) is 0.421. The van der Waals surface area contributed by atoms with Gasteiger partial charge in [0.2, 0.25) is 5.91 Å². The first-order chi connectivity index (χ1) is 12.4. The fourth-order valence-electron chi connectivity index (χ4n) is 3.16. The summed E-state index contributed by atoms with van der Waals surface area (Å²) in [5.41, 5.74) is -0.146. The van der Waals surface area contributed by atoms with E-state index in [2.05, 4.69) is 5.32 Å². The van der Waals surface area contributed by atoms with Gasteiger partial charge in [-0.25, -0.2) is 0 Å². The van der Waals surface area contributed by atoms with Crippen LogP contribution in [0.1, 0.15) is 34.9 Å². The number of hydrogen-bond acceptors (Lipinski definition) is 3.